The molecule has 1 aromatic carbocycles. The van der Waals surface area contributed by atoms with E-state index in [4.69, 9.17) is 4.55 Å². The van der Waals surface area contributed by atoms with Gasteiger partial charge in [0.2, 0.25) is 0 Å². The summed E-state index contributed by atoms with van der Waals surface area (Å²) in [5.41, 5.74) is 0.892. The first-order valence-corrected chi connectivity index (χ1v) is 16.4. The van der Waals surface area contributed by atoms with E-state index in [1.165, 1.54) is 0 Å². The van der Waals surface area contributed by atoms with Crippen LogP contribution in [-0.2, 0) is 10.1 Å². The summed E-state index contributed by atoms with van der Waals surface area (Å²) in [7, 11) is -4.06. The second kappa shape index (κ2) is 4.89. The maximum absolute atomic E-state index is 11.0. The third-order valence-corrected chi connectivity index (χ3v) is 9.14. The minimum absolute atomic E-state index is 0.803. The van der Waals surface area contributed by atoms with Crippen LogP contribution in [0.2, 0.25) is 14.8 Å². The topological polar surface area (TPSA) is 54.4 Å². The fourth-order valence-electron chi connectivity index (χ4n) is 1.44. The summed E-state index contributed by atoms with van der Waals surface area (Å²) in [6, 6.07) is 9.36. The van der Waals surface area contributed by atoms with Crippen molar-refractivity contribution in [3.05, 3.63) is 41.3 Å². The van der Waals surface area contributed by atoms with Gasteiger partial charge >= 0.3 is 101 Å². The Kier molecular flexibility index (Phi) is 4.20. The predicted molar refractivity (Wildman–Crippen MR) is 69.3 cm³/mol. The van der Waals surface area contributed by atoms with Gasteiger partial charge in [0.25, 0.3) is 0 Å². The Bertz CT molecular complexity index is 484. The van der Waals surface area contributed by atoms with Crippen LogP contribution in [0.5, 0.6) is 0 Å². The molecule has 0 atom stereocenters. The van der Waals surface area contributed by atoms with Crippen molar-refractivity contribution in [3.63, 3.8) is 0 Å². The molecule has 0 saturated carbocycles. The third kappa shape index (κ3) is 4.27. The van der Waals surface area contributed by atoms with Crippen LogP contribution in [0.1, 0.15) is 5.56 Å². The Morgan fingerprint density at radius 3 is 2.06 bits per heavy atom. The quantitative estimate of drug-likeness (QED) is 0.676. The molecule has 0 amide bonds. The van der Waals surface area contributed by atoms with E-state index in [0.717, 1.165) is 14.6 Å². The van der Waals surface area contributed by atoms with Gasteiger partial charge in [0.1, 0.15) is 0 Å². The average Bonchev–Trinajstić information content (AvgIpc) is 2.13. The van der Waals surface area contributed by atoms with E-state index >= 15 is 0 Å². The van der Waals surface area contributed by atoms with Crippen LogP contribution in [-0.4, -0.2) is 31.3 Å². The predicted octanol–water partition coefficient (Wildman–Crippen LogP) is 2.79. The van der Waals surface area contributed by atoms with Crippen molar-refractivity contribution in [3.8, 4) is 0 Å². The number of hydrogen-bond donors (Lipinski definition) is 1. The summed E-state index contributed by atoms with van der Waals surface area (Å²) < 4.78 is 31.7. The average molecular weight is 347 g/mol. The van der Waals surface area contributed by atoms with Gasteiger partial charge in [-0.15, -0.1) is 0 Å². The molecular weight excluding hydrogens is 331 g/mol. The molecule has 0 aliphatic carbocycles. The van der Waals surface area contributed by atoms with E-state index < -0.39 is 28.5 Å². The zero-order valence-corrected chi connectivity index (χ0v) is 13.3. The minimum atomic E-state index is -4.06. The molecule has 5 heteroatoms. The summed E-state index contributed by atoms with van der Waals surface area (Å²) in [4.78, 5) is 6.33. The van der Waals surface area contributed by atoms with Crippen LogP contribution in [0, 0.1) is 0 Å². The molecule has 0 fully saturated rings. The zero-order valence-electron chi connectivity index (χ0n) is 9.64. The normalized spacial score (nSPS) is 13.9. The van der Waals surface area contributed by atoms with Crippen LogP contribution < -0.4 is 0 Å². The fraction of sp³-hybridized carbons (Fsp3) is 0.273. The molecule has 0 spiro atoms. The van der Waals surface area contributed by atoms with Crippen LogP contribution in [0.3, 0.4) is 0 Å². The van der Waals surface area contributed by atoms with Gasteiger partial charge in [-0.1, -0.05) is 0 Å². The Hall–Kier alpha value is -0.331. The van der Waals surface area contributed by atoms with Crippen molar-refractivity contribution in [1.29, 1.82) is 0 Å². The molecule has 1 N–H and O–H groups in total. The van der Waals surface area contributed by atoms with E-state index in [0.29, 0.717) is 0 Å². The van der Waals surface area contributed by atoms with E-state index in [-0.39, 0.29) is 0 Å². The van der Waals surface area contributed by atoms with Gasteiger partial charge < -0.3 is 0 Å². The SMILES string of the molecule is [CH3][Sn]([CH3])([CH3])/[C](=C\S(=O)(=O)O)c1ccccc1. The molecule has 1 aromatic rings. The molecule has 0 radical (unpaired) electrons. The standard InChI is InChI=1S/C8H7O3S.3CH3.Sn/c9-12(10,11)7-6-8-4-2-1-3-5-8;;;;/h1-5,7H,(H,9,10,11);3*1H3;. The van der Waals surface area contributed by atoms with Crippen molar-refractivity contribution in [1.82, 2.24) is 0 Å². The third-order valence-electron chi connectivity index (χ3n) is 2.16. The Balaban J connectivity index is 3.35. The van der Waals surface area contributed by atoms with Crippen molar-refractivity contribution < 1.29 is 13.0 Å². The molecule has 3 nitrogen and oxygen atoms in total. The first-order chi connectivity index (χ1) is 7.20. The van der Waals surface area contributed by atoms with Gasteiger partial charge in [0, 0.05) is 0 Å². The molecular formula is C11H16O3SSn. The van der Waals surface area contributed by atoms with Gasteiger partial charge in [-0.25, -0.2) is 0 Å². The Morgan fingerprint density at radius 1 is 1.19 bits per heavy atom. The molecule has 0 aliphatic heterocycles. The van der Waals surface area contributed by atoms with Gasteiger partial charge in [-0.3, -0.25) is 0 Å². The van der Waals surface area contributed by atoms with Gasteiger partial charge in [-0.2, -0.15) is 0 Å². The molecule has 0 unspecified atom stereocenters. The van der Waals surface area contributed by atoms with Gasteiger partial charge in [0.15, 0.2) is 0 Å². The van der Waals surface area contributed by atoms with E-state index in [1.54, 1.807) is 0 Å². The van der Waals surface area contributed by atoms with Crippen LogP contribution >= 0.6 is 0 Å². The van der Waals surface area contributed by atoms with Crippen LogP contribution in [0.25, 0.3) is 3.59 Å². The summed E-state index contributed by atoms with van der Waals surface area (Å²) in [6.07, 6.45) is 0. The molecule has 1 rings (SSSR count). The van der Waals surface area contributed by atoms with Crippen molar-refractivity contribution in [2.45, 2.75) is 14.8 Å². The monoisotopic (exact) mass is 348 g/mol. The number of hydrogen-bond acceptors (Lipinski definition) is 2. The van der Waals surface area contributed by atoms with E-state index in [1.807, 2.05) is 30.3 Å². The molecule has 0 aliphatic rings. The Labute approximate surface area is 101 Å². The van der Waals surface area contributed by atoms with E-state index in [9.17, 15) is 8.42 Å². The fourth-order valence-corrected chi connectivity index (χ4v) is 9.48. The second-order valence-corrected chi connectivity index (χ2v) is 20.3. The molecule has 16 heavy (non-hydrogen) atoms. The molecule has 0 saturated heterocycles. The summed E-state index contributed by atoms with van der Waals surface area (Å²) in [5, 5.41) is 1.01. The first-order valence-electron chi connectivity index (χ1n) is 4.95. The van der Waals surface area contributed by atoms with Crippen LogP contribution in [0.15, 0.2) is 35.7 Å². The first kappa shape index (κ1) is 13.7. The van der Waals surface area contributed by atoms with Gasteiger partial charge in [0.05, 0.1) is 0 Å². The summed E-state index contributed by atoms with van der Waals surface area (Å²) >= 11 is -2.57. The Morgan fingerprint density at radius 2 is 1.69 bits per heavy atom. The summed E-state index contributed by atoms with van der Waals surface area (Å²) in [6.45, 7) is 0. The molecule has 0 bridgehead atoms. The van der Waals surface area contributed by atoms with Crippen molar-refractivity contribution >= 4 is 32.1 Å². The van der Waals surface area contributed by atoms with Crippen LogP contribution in [0.4, 0.5) is 0 Å². The molecule has 0 heterocycles. The number of benzene rings is 1. The van der Waals surface area contributed by atoms with Crippen molar-refractivity contribution in [2.75, 3.05) is 0 Å². The number of rotatable bonds is 3. The zero-order chi connectivity index (χ0) is 12.4. The second-order valence-electron chi connectivity index (χ2n) is 4.66. The van der Waals surface area contributed by atoms with Gasteiger partial charge in [-0.05, 0) is 0 Å². The van der Waals surface area contributed by atoms with E-state index in [2.05, 4.69) is 14.8 Å². The molecule has 0 aromatic heterocycles. The molecule has 88 valence electrons. The summed E-state index contributed by atoms with van der Waals surface area (Å²) in [5.74, 6) is 0. The maximum atomic E-state index is 11.0. The van der Waals surface area contributed by atoms with Crippen molar-refractivity contribution in [2.24, 2.45) is 0 Å².